The fourth-order valence-corrected chi connectivity index (χ4v) is 2.36. The molecule has 0 spiro atoms. The van der Waals surface area contributed by atoms with Crippen LogP contribution in [-0.2, 0) is 14.3 Å². The summed E-state index contributed by atoms with van der Waals surface area (Å²) in [5.74, 6) is 0.175. The first-order valence-corrected chi connectivity index (χ1v) is 7.02. The van der Waals surface area contributed by atoms with Crippen LogP contribution in [-0.4, -0.2) is 60.5 Å². The standard InChI is InChI=1S/C15H21NO6/c1-9(17)16-12-14(19)13(18)11(8-20-2)22-15(12)21-10-6-4-3-5-7-10/h3-7,11-15,18-19H,8H2,1-2H3,(H,16,17)/t11-,12-,13-,14-,15-/m1/s1. The number of carbonyl (C=O) groups excluding carboxylic acids is 1. The van der Waals surface area contributed by atoms with Crippen LogP contribution in [0.1, 0.15) is 6.92 Å². The van der Waals surface area contributed by atoms with Gasteiger partial charge < -0.3 is 29.7 Å². The molecule has 0 saturated carbocycles. The third kappa shape index (κ3) is 3.95. The Labute approximate surface area is 128 Å². The molecule has 0 aliphatic carbocycles. The Morgan fingerprint density at radius 3 is 2.55 bits per heavy atom. The van der Waals surface area contributed by atoms with Gasteiger partial charge in [0.2, 0.25) is 12.2 Å². The minimum absolute atomic E-state index is 0.0969. The molecule has 7 nitrogen and oxygen atoms in total. The molecule has 0 unspecified atom stereocenters. The predicted octanol–water partition coefficient (Wildman–Crippen LogP) is -0.337. The summed E-state index contributed by atoms with van der Waals surface area (Å²) in [5, 5.41) is 22.9. The first kappa shape index (κ1) is 16.7. The Balaban J connectivity index is 2.18. The lowest BCUT2D eigenvalue weighted by atomic mass is 9.97. The van der Waals surface area contributed by atoms with Crippen LogP contribution in [0.5, 0.6) is 5.75 Å². The van der Waals surface area contributed by atoms with Gasteiger partial charge in [0.15, 0.2) is 0 Å². The van der Waals surface area contributed by atoms with Crippen molar-refractivity contribution in [3.8, 4) is 5.75 Å². The summed E-state index contributed by atoms with van der Waals surface area (Å²) in [6, 6.07) is 8.01. The Kier molecular flexibility index (Phi) is 5.73. The number of amides is 1. The summed E-state index contributed by atoms with van der Waals surface area (Å²) >= 11 is 0. The first-order valence-electron chi connectivity index (χ1n) is 7.02. The van der Waals surface area contributed by atoms with Gasteiger partial charge in [0.05, 0.1) is 6.61 Å². The summed E-state index contributed by atoms with van der Waals surface area (Å²) < 4.78 is 16.3. The highest BCUT2D eigenvalue weighted by Crippen LogP contribution is 2.24. The lowest BCUT2D eigenvalue weighted by Crippen LogP contribution is -2.65. The number of aliphatic hydroxyl groups is 2. The number of benzene rings is 1. The number of hydrogen-bond acceptors (Lipinski definition) is 6. The van der Waals surface area contributed by atoms with Gasteiger partial charge in [-0.3, -0.25) is 4.79 Å². The zero-order valence-electron chi connectivity index (χ0n) is 12.5. The number of aliphatic hydroxyl groups excluding tert-OH is 2. The van der Waals surface area contributed by atoms with E-state index in [1.807, 2.05) is 6.07 Å². The van der Waals surface area contributed by atoms with Crippen LogP contribution >= 0.6 is 0 Å². The molecule has 22 heavy (non-hydrogen) atoms. The molecule has 2 rings (SSSR count). The smallest absolute Gasteiger partial charge is 0.223 e. The molecule has 1 heterocycles. The van der Waals surface area contributed by atoms with E-state index in [1.54, 1.807) is 24.3 Å². The fourth-order valence-electron chi connectivity index (χ4n) is 2.36. The highest BCUT2D eigenvalue weighted by molar-refractivity contribution is 5.73. The topological polar surface area (TPSA) is 97.2 Å². The third-order valence-corrected chi connectivity index (χ3v) is 3.40. The van der Waals surface area contributed by atoms with E-state index in [2.05, 4.69) is 5.32 Å². The average molecular weight is 311 g/mol. The molecule has 1 aromatic rings. The Morgan fingerprint density at radius 1 is 1.27 bits per heavy atom. The number of rotatable bonds is 5. The van der Waals surface area contributed by atoms with Gasteiger partial charge in [0.1, 0.15) is 30.1 Å². The van der Waals surface area contributed by atoms with Gasteiger partial charge in [-0.05, 0) is 12.1 Å². The molecule has 0 bridgehead atoms. The molecule has 1 aliphatic rings. The summed E-state index contributed by atoms with van der Waals surface area (Å²) in [6.45, 7) is 1.42. The van der Waals surface area contributed by atoms with Gasteiger partial charge >= 0.3 is 0 Å². The number of methoxy groups -OCH3 is 1. The molecule has 1 aliphatic heterocycles. The van der Waals surface area contributed by atoms with Crippen molar-refractivity contribution in [1.29, 1.82) is 0 Å². The van der Waals surface area contributed by atoms with Crippen LogP contribution in [0.15, 0.2) is 30.3 Å². The molecule has 0 radical (unpaired) electrons. The zero-order chi connectivity index (χ0) is 16.1. The van der Waals surface area contributed by atoms with Gasteiger partial charge in [0, 0.05) is 14.0 Å². The molecule has 1 amide bonds. The third-order valence-electron chi connectivity index (χ3n) is 3.40. The number of hydrogen-bond donors (Lipinski definition) is 3. The van der Waals surface area contributed by atoms with E-state index in [4.69, 9.17) is 14.2 Å². The minimum Gasteiger partial charge on any atom is -0.463 e. The van der Waals surface area contributed by atoms with E-state index >= 15 is 0 Å². The van der Waals surface area contributed by atoms with E-state index in [0.717, 1.165) is 0 Å². The molecule has 5 atom stereocenters. The Morgan fingerprint density at radius 2 is 1.95 bits per heavy atom. The van der Waals surface area contributed by atoms with Gasteiger partial charge in [-0.1, -0.05) is 18.2 Å². The lowest BCUT2D eigenvalue weighted by molar-refractivity contribution is -0.246. The van der Waals surface area contributed by atoms with E-state index in [9.17, 15) is 15.0 Å². The highest BCUT2D eigenvalue weighted by atomic mass is 16.7. The van der Waals surface area contributed by atoms with Crippen molar-refractivity contribution < 1.29 is 29.2 Å². The van der Waals surface area contributed by atoms with Gasteiger partial charge in [-0.15, -0.1) is 0 Å². The van der Waals surface area contributed by atoms with Crippen molar-refractivity contribution in [3.05, 3.63) is 30.3 Å². The Hall–Kier alpha value is -1.67. The molecule has 1 saturated heterocycles. The molecular formula is C15H21NO6. The maximum absolute atomic E-state index is 11.3. The second kappa shape index (κ2) is 7.55. The number of para-hydroxylation sites is 1. The maximum atomic E-state index is 11.3. The monoisotopic (exact) mass is 311 g/mol. The maximum Gasteiger partial charge on any atom is 0.223 e. The van der Waals surface area contributed by atoms with Crippen LogP contribution in [0.3, 0.4) is 0 Å². The van der Waals surface area contributed by atoms with E-state index < -0.39 is 30.6 Å². The Bertz CT molecular complexity index is 482. The van der Waals surface area contributed by atoms with Crippen molar-refractivity contribution in [3.63, 3.8) is 0 Å². The molecule has 1 aromatic carbocycles. The first-order chi connectivity index (χ1) is 10.5. The SMILES string of the molecule is COC[C@H]1O[C@@H](Oc2ccccc2)[C@H](NC(C)=O)[C@@H](O)[C@@H]1O. The second-order valence-corrected chi connectivity index (χ2v) is 5.14. The highest BCUT2D eigenvalue weighted by Gasteiger charge is 2.46. The summed E-state index contributed by atoms with van der Waals surface area (Å²) in [5.41, 5.74) is 0. The fraction of sp³-hybridized carbons (Fsp3) is 0.533. The van der Waals surface area contributed by atoms with Crippen molar-refractivity contribution in [1.82, 2.24) is 5.32 Å². The zero-order valence-corrected chi connectivity index (χ0v) is 12.5. The normalized spacial score (nSPS) is 31.5. The van der Waals surface area contributed by atoms with E-state index in [-0.39, 0.29) is 12.5 Å². The minimum atomic E-state index is -1.23. The van der Waals surface area contributed by atoms with Gasteiger partial charge in [-0.2, -0.15) is 0 Å². The molecular weight excluding hydrogens is 290 g/mol. The summed E-state index contributed by atoms with van der Waals surface area (Å²) in [4.78, 5) is 11.3. The van der Waals surface area contributed by atoms with E-state index in [1.165, 1.54) is 14.0 Å². The lowest BCUT2D eigenvalue weighted by Gasteiger charge is -2.42. The number of nitrogens with one attached hydrogen (secondary N) is 1. The number of ether oxygens (including phenoxy) is 3. The molecule has 122 valence electrons. The molecule has 7 heteroatoms. The van der Waals surface area contributed by atoms with Crippen LogP contribution in [0.2, 0.25) is 0 Å². The van der Waals surface area contributed by atoms with Crippen molar-refractivity contribution in [2.45, 2.75) is 37.6 Å². The molecule has 1 fully saturated rings. The van der Waals surface area contributed by atoms with Gasteiger partial charge in [0.25, 0.3) is 0 Å². The van der Waals surface area contributed by atoms with Crippen LogP contribution < -0.4 is 10.1 Å². The predicted molar refractivity (Wildman–Crippen MR) is 77.2 cm³/mol. The summed E-state index contributed by atoms with van der Waals surface area (Å²) in [7, 11) is 1.47. The van der Waals surface area contributed by atoms with Crippen LogP contribution in [0.25, 0.3) is 0 Å². The van der Waals surface area contributed by atoms with Crippen LogP contribution in [0.4, 0.5) is 0 Å². The second-order valence-electron chi connectivity index (χ2n) is 5.14. The van der Waals surface area contributed by atoms with E-state index in [0.29, 0.717) is 5.75 Å². The largest absolute Gasteiger partial charge is 0.463 e. The van der Waals surface area contributed by atoms with Crippen molar-refractivity contribution in [2.75, 3.05) is 13.7 Å². The average Bonchev–Trinajstić information content (AvgIpc) is 2.49. The molecule has 0 aromatic heterocycles. The molecule has 3 N–H and O–H groups in total. The van der Waals surface area contributed by atoms with Gasteiger partial charge in [-0.25, -0.2) is 0 Å². The van der Waals surface area contributed by atoms with Crippen LogP contribution in [0, 0.1) is 0 Å². The quantitative estimate of drug-likeness (QED) is 0.688. The number of carbonyl (C=O) groups is 1. The van der Waals surface area contributed by atoms with Crippen molar-refractivity contribution >= 4 is 5.91 Å². The summed E-state index contributed by atoms with van der Waals surface area (Å²) in [6.07, 6.45) is -4.11. The van der Waals surface area contributed by atoms with Crippen molar-refractivity contribution in [2.24, 2.45) is 0 Å².